The second-order valence-corrected chi connectivity index (χ2v) is 6.09. The maximum atomic E-state index is 6.12. The van der Waals surface area contributed by atoms with Crippen molar-refractivity contribution in [1.82, 2.24) is 0 Å². The average Bonchev–Trinajstić information content (AvgIpc) is 2.38. The number of hydrogen-bond donors (Lipinski definition) is 1. The van der Waals surface area contributed by atoms with Crippen LogP contribution in [0.25, 0.3) is 0 Å². The van der Waals surface area contributed by atoms with Gasteiger partial charge in [0.2, 0.25) is 0 Å². The van der Waals surface area contributed by atoms with Crippen molar-refractivity contribution >= 4 is 45.8 Å². The van der Waals surface area contributed by atoms with Crippen LogP contribution in [-0.2, 0) is 5.75 Å². The van der Waals surface area contributed by atoms with Gasteiger partial charge in [0.15, 0.2) is 5.17 Å². The molecule has 0 atom stereocenters. The molecule has 0 aromatic heterocycles. The lowest BCUT2D eigenvalue weighted by molar-refractivity contribution is 1.41. The molecule has 2 rings (SSSR count). The molecule has 104 valence electrons. The molecule has 0 aliphatic rings. The summed E-state index contributed by atoms with van der Waals surface area (Å²) in [5, 5.41) is 1.79. The molecule has 2 aromatic carbocycles. The minimum absolute atomic E-state index is 0.492. The normalized spacial score (nSPS) is 11.7. The highest BCUT2D eigenvalue weighted by Gasteiger charge is 2.06. The topological polar surface area (TPSA) is 38.4 Å². The van der Waals surface area contributed by atoms with Gasteiger partial charge in [-0.3, -0.25) is 0 Å². The Labute approximate surface area is 133 Å². The quantitative estimate of drug-likeness (QED) is 0.623. The first-order valence-corrected chi connectivity index (χ1v) is 7.77. The van der Waals surface area contributed by atoms with Crippen LogP contribution in [0.1, 0.15) is 11.1 Å². The second kappa shape index (κ2) is 7.02. The molecule has 0 aliphatic carbocycles. The lowest BCUT2D eigenvalue weighted by Crippen LogP contribution is -2.06. The predicted molar refractivity (Wildman–Crippen MR) is 90.2 cm³/mol. The summed E-state index contributed by atoms with van der Waals surface area (Å²) in [4.78, 5) is 4.37. The molecule has 0 saturated heterocycles. The lowest BCUT2D eigenvalue weighted by Gasteiger charge is -2.06. The van der Waals surface area contributed by atoms with Crippen LogP contribution in [-0.4, -0.2) is 5.17 Å². The predicted octanol–water partition coefficient (Wildman–Crippen LogP) is 5.18. The number of hydrogen-bond acceptors (Lipinski definition) is 2. The number of thioether (sulfide) groups is 1. The summed E-state index contributed by atoms with van der Waals surface area (Å²) in [6.07, 6.45) is 0. The summed E-state index contributed by atoms with van der Waals surface area (Å²) in [7, 11) is 0. The summed E-state index contributed by atoms with van der Waals surface area (Å²) in [6, 6.07) is 13.3. The van der Waals surface area contributed by atoms with E-state index >= 15 is 0 Å². The first-order valence-electron chi connectivity index (χ1n) is 6.03. The minimum atomic E-state index is 0.492. The monoisotopic (exact) mass is 324 g/mol. The Kier molecular flexibility index (Phi) is 5.35. The van der Waals surface area contributed by atoms with Gasteiger partial charge in [-0.05, 0) is 42.3 Å². The molecule has 20 heavy (non-hydrogen) atoms. The van der Waals surface area contributed by atoms with Gasteiger partial charge >= 0.3 is 0 Å². The van der Waals surface area contributed by atoms with Gasteiger partial charge in [0, 0.05) is 15.8 Å². The van der Waals surface area contributed by atoms with Crippen molar-refractivity contribution in [2.24, 2.45) is 10.7 Å². The molecule has 2 nitrogen and oxygen atoms in total. The maximum absolute atomic E-state index is 6.12. The first-order chi connectivity index (χ1) is 9.56. The Hall–Kier alpha value is -1.16. The SMILES string of the molecule is Cc1cccc(N=C(N)SCc2c(Cl)cccc2Cl)c1. The molecular weight excluding hydrogens is 311 g/mol. The summed E-state index contributed by atoms with van der Waals surface area (Å²) in [6.45, 7) is 2.02. The van der Waals surface area contributed by atoms with Crippen molar-refractivity contribution in [1.29, 1.82) is 0 Å². The molecule has 2 N–H and O–H groups in total. The fraction of sp³-hybridized carbons (Fsp3) is 0.133. The zero-order chi connectivity index (χ0) is 14.5. The van der Waals surface area contributed by atoms with Crippen molar-refractivity contribution in [3.8, 4) is 0 Å². The van der Waals surface area contributed by atoms with Crippen LogP contribution in [0.3, 0.4) is 0 Å². The molecule has 0 amide bonds. The van der Waals surface area contributed by atoms with Crippen LogP contribution in [0.4, 0.5) is 5.69 Å². The van der Waals surface area contributed by atoms with E-state index in [1.165, 1.54) is 11.8 Å². The van der Waals surface area contributed by atoms with E-state index in [2.05, 4.69) is 4.99 Å². The molecule has 0 radical (unpaired) electrons. The fourth-order valence-electron chi connectivity index (χ4n) is 1.67. The van der Waals surface area contributed by atoms with Gasteiger partial charge < -0.3 is 5.73 Å². The third-order valence-corrected chi connectivity index (χ3v) is 4.20. The molecular formula is C15H14Cl2N2S. The Balaban J connectivity index is 2.07. The van der Waals surface area contributed by atoms with Crippen LogP contribution >= 0.6 is 35.0 Å². The third-order valence-electron chi connectivity index (χ3n) is 2.67. The smallest absolute Gasteiger partial charge is 0.159 e. The molecule has 5 heteroatoms. The number of benzene rings is 2. The van der Waals surface area contributed by atoms with Crippen LogP contribution in [0.2, 0.25) is 10.0 Å². The molecule has 0 fully saturated rings. The largest absolute Gasteiger partial charge is 0.378 e. The van der Waals surface area contributed by atoms with Crippen molar-refractivity contribution in [3.05, 3.63) is 63.6 Å². The Morgan fingerprint density at radius 1 is 1.15 bits per heavy atom. The van der Waals surface area contributed by atoms with Crippen molar-refractivity contribution in [2.45, 2.75) is 12.7 Å². The average molecular weight is 325 g/mol. The van der Waals surface area contributed by atoms with Crippen LogP contribution in [0, 0.1) is 6.92 Å². The molecule has 2 aromatic rings. The Morgan fingerprint density at radius 3 is 2.45 bits per heavy atom. The number of amidine groups is 1. The summed E-state index contributed by atoms with van der Waals surface area (Å²) in [5.74, 6) is 0.597. The van der Waals surface area contributed by atoms with E-state index in [9.17, 15) is 0 Å². The van der Waals surface area contributed by atoms with E-state index in [0.29, 0.717) is 21.0 Å². The van der Waals surface area contributed by atoms with E-state index in [0.717, 1.165) is 16.8 Å². The molecule has 0 heterocycles. The van der Waals surface area contributed by atoms with Crippen molar-refractivity contribution in [2.75, 3.05) is 0 Å². The van der Waals surface area contributed by atoms with E-state index < -0.39 is 0 Å². The van der Waals surface area contributed by atoms with E-state index in [-0.39, 0.29) is 0 Å². The first kappa shape index (κ1) is 15.2. The molecule has 0 aliphatic heterocycles. The van der Waals surface area contributed by atoms with Gasteiger partial charge in [-0.1, -0.05) is 53.2 Å². The number of aryl methyl sites for hydroxylation is 1. The number of nitrogens with zero attached hydrogens (tertiary/aromatic N) is 1. The van der Waals surface area contributed by atoms with Gasteiger partial charge in [0.25, 0.3) is 0 Å². The summed E-state index contributed by atoms with van der Waals surface area (Å²) < 4.78 is 0. The lowest BCUT2D eigenvalue weighted by atomic mass is 10.2. The van der Waals surface area contributed by atoms with E-state index in [1.54, 1.807) is 0 Å². The minimum Gasteiger partial charge on any atom is -0.378 e. The van der Waals surface area contributed by atoms with Crippen LogP contribution in [0.5, 0.6) is 0 Å². The molecule has 0 unspecified atom stereocenters. The maximum Gasteiger partial charge on any atom is 0.159 e. The number of aliphatic imine (C=N–C) groups is 1. The van der Waals surface area contributed by atoms with Gasteiger partial charge in [-0.2, -0.15) is 0 Å². The van der Waals surface area contributed by atoms with Crippen molar-refractivity contribution < 1.29 is 0 Å². The van der Waals surface area contributed by atoms with Gasteiger partial charge in [0.1, 0.15) is 0 Å². The third kappa shape index (κ3) is 4.17. The standard InChI is InChI=1S/C15H14Cl2N2S/c1-10-4-2-5-11(8-10)19-15(18)20-9-12-13(16)6-3-7-14(12)17/h2-8H,9H2,1H3,(H2,18,19). The molecule has 0 spiro atoms. The van der Waals surface area contributed by atoms with Crippen molar-refractivity contribution in [3.63, 3.8) is 0 Å². The molecule has 0 saturated carbocycles. The van der Waals surface area contributed by atoms with Crippen LogP contribution < -0.4 is 5.73 Å². The highest BCUT2D eigenvalue weighted by Crippen LogP contribution is 2.28. The van der Waals surface area contributed by atoms with E-state index in [4.69, 9.17) is 28.9 Å². The summed E-state index contributed by atoms with van der Waals surface area (Å²) >= 11 is 13.6. The number of halogens is 2. The van der Waals surface area contributed by atoms with Gasteiger partial charge in [0.05, 0.1) is 5.69 Å². The zero-order valence-electron chi connectivity index (χ0n) is 10.9. The number of rotatable bonds is 3. The fourth-order valence-corrected chi connectivity index (χ4v) is 3.14. The molecule has 0 bridgehead atoms. The van der Waals surface area contributed by atoms with Gasteiger partial charge in [-0.25, -0.2) is 4.99 Å². The Morgan fingerprint density at radius 2 is 1.80 bits per heavy atom. The summed E-state index contributed by atoms with van der Waals surface area (Å²) in [5.41, 5.74) is 8.81. The van der Waals surface area contributed by atoms with Gasteiger partial charge in [-0.15, -0.1) is 0 Å². The second-order valence-electron chi connectivity index (χ2n) is 4.28. The Bertz CT molecular complexity index is 621. The highest BCUT2D eigenvalue weighted by atomic mass is 35.5. The van der Waals surface area contributed by atoms with E-state index in [1.807, 2.05) is 49.4 Å². The highest BCUT2D eigenvalue weighted by molar-refractivity contribution is 8.13. The van der Waals surface area contributed by atoms with Crippen LogP contribution in [0.15, 0.2) is 47.5 Å². The number of nitrogens with two attached hydrogens (primary N) is 1. The zero-order valence-corrected chi connectivity index (χ0v) is 13.3.